The quantitative estimate of drug-likeness (QED) is 0.902. The van der Waals surface area contributed by atoms with Crippen LogP contribution in [-0.2, 0) is 0 Å². The molecular formula is C18H21ClN2OS. The number of amides is 1. The number of hydrogen-bond acceptors (Lipinski definition) is 3. The van der Waals surface area contributed by atoms with Gasteiger partial charge in [-0.2, -0.15) is 0 Å². The second kappa shape index (κ2) is 5.76. The van der Waals surface area contributed by atoms with Crippen molar-refractivity contribution in [2.24, 2.45) is 17.8 Å². The normalized spacial score (nSPS) is 34.3. The molecule has 4 aliphatic rings. The van der Waals surface area contributed by atoms with Crippen LogP contribution in [0, 0.1) is 17.8 Å². The Morgan fingerprint density at radius 1 is 1.13 bits per heavy atom. The van der Waals surface area contributed by atoms with Crippen molar-refractivity contribution >= 4 is 39.7 Å². The Morgan fingerprint density at radius 2 is 1.87 bits per heavy atom. The fraction of sp³-hybridized carbons (Fsp3) is 0.500. The van der Waals surface area contributed by atoms with E-state index in [0.29, 0.717) is 17.9 Å². The highest BCUT2D eigenvalue weighted by Gasteiger charge is 2.47. The van der Waals surface area contributed by atoms with Gasteiger partial charge in [0.2, 0.25) is 0 Å². The summed E-state index contributed by atoms with van der Waals surface area (Å²) in [6, 6.07) is 10.7. The number of halogens is 1. The van der Waals surface area contributed by atoms with E-state index in [1.54, 1.807) is 11.3 Å². The zero-order chi connectivity index (χ0) is 14.7. The molecule has 0 spiro atoms. The van der Waals surface area contributed by atoms with Gasteiger partial charge in [0.05, 0.1) is 4.88 Å². The third kappa shape index (κ3) is 2.57. The molecule has 0 radical (unpaired) electrons. The number of fused-ring (bicyclic) bond motifs is 1. The second-order valence-corrected chi connectivity index (χ2v) is 8.31. The summed E-state index contributed by atoms with van der Waals surface area (Å²) in [5, 5.41) is 4.56. The third-order valence-corrected chi connectivity index (χ3v) is 6.85. The van der Waals surface area contributed by atoms with E-state index in [2.05, 4.69) is 22.3 Å². The van der Waals surface area contributed by atoms with E-state index in [1.807, 2.05) is 18.2 Å². The lowest BCUT2D eigenvalue weighted by atomic mass is 9.65. The monoisotopic (exact) mass is 348 g/mol. The number of piperidine rings is 3. The van der Waals surface area contributed by atoms with Crippen molar-refractivity contribution in [3.05, 3.63) is 35.2 Å². The summed E-state index contributed by atoms with van der Waals surface area (Å²) in [7, 11) is 0. The minimum atomic E-state index is 0. The molecule has 4 fully saturated rings. The highest BCUT2D eigenvalue weighted by atomic mass is 35.5. The molecule has 4 heterocycles. The average Bonchev–Trinajstić information content (AvgIpc) is 2.94. The van der Waals surface area contributed by atoms with Crippen molar-refractivity contribution in [1.29, 1.82) is 0 Å². The summed E-state index contributed by atoms with van der Waals surface area (Å²) in [5.41, 5.74) is 0. The number of hydrogen-bond donors (Lipinski definition) is 1. The lowest BCUT2D eigenvalue weighted by Crippen LogP contribution is -2.64. The smallest absolute Gasteiger partial charge is 0.261 e. The van der Waals surface area contributed by atoms with Crippen LogP contribution in [0.15, 0.2) is 30.3 Å². The van der Waals surface area contributed by atoms with E-state index >= 15 is 0 Å². The highest BCUT2D eigenvalue weighted by Crippen LogP contribution is 2.43. The number of rotatable bonds is 2. The third-order valence-electron chi connectivity index (χ3n) is 5.74. The summed E-state index contributed by atoms with van der Waals surface area (Å²) < 4.78 is 1.20. The van der Waals surface area contributed by atoms with Gasteiger partial charge in [-0.1, -0.05) is 18.2 Å². The molecule has 4 bridgehead atoms. The van der Waals surface area contributed by atoms with Gasteiger partial charge >= 0.3 is 0 Å². The lowest BCUT2D eigenvalue weighted by molar-refractivity contribution is -0.0418. The van der Waals surface area contributed by atoms with Gasteiger partial charge in [-0.25, -0.2) is 0 Å². The van der Waals surface area contributed by atoms with E-state index in [-0.39, 0.29) is 18.3 Å². The van der Waals surface area contributed by atoms with Crippen LogP contribution < -0.4 is 5.32 Å². The number of nitrogens with zero attached hydrogens (tertiary/aromatic N) is 1. The molecule has 122 valence electrons. The molecule has 3 saturated heterocycles. The summed E-state index contributed by atoms with van der Waals surface area (Å²) in [6.45, 7) is 3.67. The predicted molar refractivity (Wildman–Crippen MR) is 96.5 cm³/mol. The Labute approximate surface area is 146 Å². The molecule has 23 heavy (non-hydrogen) atoms. The molecule has 2 atom stereocenters. The van der Waals surface area contributed by atoms with Crippen molar-refractivity contribution in [1.82, 2.24) is 10.2 Å². The minimum absolute atomic E-state index is 0. The summed E-state index contributed by atoms with van der Waals surface area (Å²) in [4.78, 5) is 16.2. The summed E-state index contributed by atoms with van der Waals surface area (Å²) in [6.07, 6.45) is 2.62. The largest absolute Gasteiger partial charge is 0.348 e. The lowest BCUT2D eigenvalue weighted by Gasteiger charge is -2.55. The first-order chi connectivity index (χ1) is 10.8. The Hall–Kier alpha value is -1.10. The van der Waals surface area contributed by atoms with E-state index in [0.717, 1.165) is 10.8 Å². The van der Waals surface area contributed by atoms with Crippen molar-refractivity contribution in [3.63, 3.8) is 0 Å². The van der Waals surface area contributed by atoms with Gasteiger partial charge in [0, 0.05) is 30.4 Å². The molecule has 1 aromatic heterocycles. The maximum absolute atomic E-state index is 12.7. The van der Waals surface area contributed by atoms with Gasteiger partial charge in [0.15, 0.2) is 0 Å². The Morgan fingerprint density at radius 3 is 2.57 bits per heavy atom. The molecule has 5 heteroatoms. The number of nitrogens with one attached hydrogen (secondary N) is 1. The first-order valence-electron chi connectivity index (χ1n) is 8.28. The molecule has 3 aliphatic heterocycles. The van der Waals surface area contributed by atoms with Crippen LogP contribution in [0.2, 0.25) is 0 Å². The van der Waals surface area contributed by atoms with Crippen LogP contribution >= 0.6 is 23.7 Å². The number of benzene rings is 1. The Bertz CT molecular complexity index is 682. The van der Waals surface area contributed by atoms with Crippen LogP contribution in [0.4, 0.5) is 0 Å². The van der Waals surface area contributed by atoms with Gasteiger partial charge < -0.3 is 10.2 Å². The van der Waals surface area contributed by atoms with Crippen molar-refractivity contribution in [2.75, 3.05) is 19.6 Å². The fourth-order valence-electron chi connectivity index (χ4n) is 4.96. The molecule has 1 amide bonds. The fourth-order valence-corrected chi connectivity index (χ4v) is 5.93. The number of carbonyl (C=O) groups is 1. The maximum atomic E-state index is 12.7. The van der Waals surface area contributed by atoms with Crippen molar-refractivity contribution in [3.8, 4) is 0 Å². The van der Waals surface area contributed by atoms with Gasteiger partial charge in [0.25, 0.3) is 5.91 Å². The molecule has 6 rings (SSSR count). The van der Waals surface area contributed by atoms with Crippen LogP contribution in [0.1, 0.15) is 22.5 Å². The van der Waals surface area contributed by atoms with Gasteiger partial charge in [0.1, 0.15) is 0 Å². The topological polar surface area (TPSA) is 32.3 Å². The predicted octanol–water partition coefficient (Wildman–Crippen LogP) is 3.39. The Kier molecular flexibility index (Phi) is 3.87. The minimum Gasteiger partial charge on any atom is -0.348 e. The van der Waals surface area contributed by atoms with Gasteiger partial charge in [-0.15, -0.1) is 23.7 Å². The van der Waals surface area contributed by atoms with E-state index in [1.165, 1.54) is 42.6 Å². The standard InChI is InChI=1S/C18H20N2OS.ClH/c21-18(16-7-12-3-1-2-4-15(12)22-16)19-17-13-5-11-6-14(17)10-20(8-11)9-13;/h1-4,7,11,13-14,17H,5-6,8-10H2,(H,19,21);1H. The number of thiophene rings is 1. The molecule has 3 nitrogen and oxygen atoms in total. The van der Waals surface area contributed by atoms with E-state index in [9.17, 15) is 4.79 Å². The van der Waals surface area contributed by atoms with E-state index in [4.69, 9.17) is 0 Å². The Balaban J connectivity index is 0.00000135. The highest BCUT2D eigenvalue weighted by molar-refractivity contribution is 7.20. The summed E-state index contributed by atoms with van der Waals surface area (Å²) >= 11 is 1.61. The summed E-state index contributed by atoms with van der Waals surface area (Å²) in [5.74, 6) is 2.36. The molecule has 1 N–H and O–H groups in total. The van der Waals surface area contributed by atoms with Gasteiger partial charge in [-0.3, -0.25) is 4.79 Å². The first kappa shape index (κ1) is 15.4. The van der Waals surface area contributed by atoms with Crippen molar-refractivity contribution < 1.29 is 4.79 Å². The SMILES string of the molecule is Cl.O=C(NC1C2CC3CC1CN(C3)C2)c1cc2ccccc2s1. The zero-order valence-corrected chi connectivity index (χ0v) is 14.5. The van der Waals surface area contributed by atoms with Crippen molar-refractivity contribution in [2.45, 2.75) is 18.9 Å². The van der Waals surface area contributed by atoms with Crippen LogP contribution in [-0.4, -0.2) is 36.5 Å². The van der Waals surface area contributed by atoms with E-state index < -0.39 is 0 Å². The van der Waals surface area contributed by atoms with Gasteiger partial charge in [-0.05, 0) is 48.1 Å². The maximum Gasteiger partial charge on any atom is 0.261 e. The second-order valence-electron chi connectivity index (χ2n) is 7.22. The average molecular weight is 349 g/mol. The number of carbonyl (C=O) groups excluding carboxylic acids is 1. The molecule has 2 unspecified atom stereocenters. The molecule has 1 saturated carbocycles. The van der Waals surface area contributed by atoms with Crippen LogP contribution in [0.25, 0.3) is 10.1 Å². The van der Waals surface area contributed by atoms with Crippen LogP contribution in [0.5, 0.6) is 0 Å². The molecular weight excluding hydrogens is 328 g/mol. The van der Waals surface area contributed by atoms with Crippen LogP contribution in [0.3, 0.4) is 0 Å². The molecule has 2 aromatic rings. The first-order valence-corrected chi connectivity index (χ1v) is 9.10. The molecule has 1 aromatic carbocycles. The zero-order valence-electron chi connectivity index (χ0n) is 12.9. The molecule has 1 aliphatic carbocycles.